The number of pyridine rings is 2. The number of rotatable bonds is 6. The fourth-order valence-corrected chi connectivity index (χ4v) is 5.06. The van der Waals surface area contributed by atoms with Crippen molar-refractivity contribution in [3.05, 3.63) is 60.7 Å². The predicted molar refractivity (Wildman–Crippen MR) is 129 cm³/mol. The van der Waals surface area contributed by atoms with Crippen molar-refractivity contribution >= 4 is 32.4 Å². The number of ether oxygens (including phenoxy) is 1. The summed E-state index contributed by atoms with van der Waals surface area (Å²) in [7, 11) is -3.09. The second-order valence-corrected chi connectivity index (χ2v) is 9.63. The van der Waals surface area contributed by atoms with Crippen molar-refractivity contribution in [3.63, 3.8) is 0 Å². The fourth-order valence-electron chi connectivity index (χ4n) is 3.95. The Balaban J connectivity index is 1.54. The molecule has 1 aliphatic rings. The standard InChI is InChI=1S/C23H21F2N7O3S/c1-35-23-19(31-36(33,34)21-3-2-15(24)9-17(21)25)8-14(11-28-23)18-10-16-20(12-27-18)29-13-30-22(16)32-6-4-26-5-7-32/h2-3,8-13,26,31H,4-7H2,1H3. The zero-order valence-corrected chi connectivity index (χ0v) is 19.9. The van der Waals surface area contributed by atoms with Gasteiger partial charge in [-0.1, -0.05) is 0 Å². The van der Waals surface area contributed by atoms with Crippen molar-refractivity contribution in [2.45, 2.75) is 4.90 Å². The number of piperazine rings is 1. The van der Waals surface area contributed by atoms with Gasteiger partial charge in [-0.05, 0) is 24.3 Å². The molecule has 1 saturated heterocycles. The summed E-state index contributed by atoms with van der Waals surface area (Å²) >= 11 is 0. The molecule has 0 unspecified atom stereocenters. The lowest BCUT2D eigenvalue weighted by Gasteiger charge is -2.29. The Kier molecular flexibility index (Phi) is 6.33. The molecule has 13 heteroatoms. The molecule has 1 aromatic carbocycles. The maximum atomic E-state index is 14.2. The molecule has 0 saturated carbocycles. The van der Waals surface area contributed by atoms with Crippen LogP contribution in [-0.4, -0.2) is 61.6 Å². The number of anilines is 2. The van der Waals surface area contributed by atoms with Crippen molar-refractivity contribution in [2.24, 2.45) is 0 Å². The van der Waals surface area contributed by atoms with E-state index in [1.54, 1.807) is 6.20 Å². The van der Waals surface area contributed by atoms with E-state index in [0.29, 0.717) is 22.8 Å². The lowest BCUT2D eigenvalue weighted by Crippen LogP contribution is -2.44. The number of sulfonamides is 1. The van der Waals surface area contributed by atoms with Gasteiger partial charge in [-0.3, -0.25) is 9.71 Å². The molecule has 4 aromatic rings. The zero-order chi connectivity index (χ0) is 25.3. The summed E-state index contributed by atoms with van der Waals surface area (Å²) in [5.41, 5.74) is 1.60. The minimum Gasteiger partial charge on any atom is -0.480 e. The maximum Gasteiger partial charge on any atom is 0.264 e. The molecule has 5 rings (SSSR count). The molecule has 1 fully saturated rings. The second-order valence-electron chi connectivity index (χ2n) is 7.98. The molecule has 0 aliphatic carbocycles. The number of methoxy groups -OCH3 is 1. The molecule has 186 valence electrons. The van der Waals surface area contributed by atoms with E-state index in [4.69, 9.17) is 4.74 Å². The first-order valence-electron chi connectivity index (χ1n) is 10.9. The summed E-state index contributed by atoms with van der Waals surface area (Å²) in [4.78, 5) is 18.9. The Hall–Kier alpha value is -3.97. The van der Waals surface area contributed by atoms with Gasteiger partial charge in [-0.25, -0.2) is 32.2 Å². The molecule has 0 atom stereocenters. The van der Waals surface area contributed by atoms with Gasteiger partial charge >= 0.3 is 0 Å². The molecule has 0 amide bonds. The number of nitrogens with one attached hydrogen (secondary N) is 2. The Morgan fingerprint density at radius 3 is 2.58 bits per heavy atom. The number of aromatic nitrogens is 4. The maximum absolute atomic E-state index is 14.2. The molecule has 36 heavy (non-hydrogen) atoms. The van der Waals surface area contributed by atoms with E-state index in [-0.39, 0.29) is 11.6 Å². The Morgan fingerprint density at radius 1 is 1.03 bits per heavy atom. The molecule has 1 aliphatic heterocycles. The van der Waals surface area contributed by atoms with Crippen LogP contribution < -0.4 is 19.7 Å². The highest BCUT2D eigenvalue weighted by atomic mass is 32.2. The average molecular weight is 514 g/mol. The van der Waals surface area contributed by atoms with Gasteiger partial charge in [0.2, 0.25) is 5.88 Å². The van der Waals surface area contributed by atoms with Crippen molar-refractivity contribution in [3.8, 4) is 17.1 Å². The van der Waals surface area contributed by atoms with E-state index in [9.17, 15) is 17.2 Å². The minimum atomic E-state index is -4.41. The van der Waals surface area contributed by atoms with Gasteiger partial charge in [0.15, 0.2) is 0 Å². The van der Waals surface area contributed by atoms with Crippen molar-refractivity contribution < 1.29 is 21.9 Å². The predicted octanol–water partition coefficient (Wildman–Crippen LogP) is 2.58. The monoisotopic (exact) mass is 513 g/mol. The summed E-state index contributed by atoms with van der Waals surface area (Å²) in [6.07, 6.45) is 4.59. The largest absolute Gasteiger partial charge is 0.480 e. The van der Waals surface area contributed by atoms with Crippen LogP contribution in [0.4, 0.5) is 20.3 Å². The number of hydrogen-bond acceptors (Lipinski definition) is 9. The van der Waals surface area contributed by atoms with E-state index in [2.05, 4.69) is 34.9 Å². The first-order valence-corrected chi connectivity index (χ1v) is 12.4. The van der Waals surface area contributed by atoms with Gasteiger partial charge in [0.25, 0.3) is 10.0 Å². The normalized spacial score (nSPS) is 14.1. The third-order valence-electron chi connectivity index (χ3n) is 5.69. The van der Waals surface area contributed by atoms with Crippen LogP contribution in [-0.2, 0) is 10.0 Å². The molecule has 10 nitrogen and oxygen atoms in total. The SMILES string of the molecule is COc1ncc(-c2cc3c(N4CCNCC4)ncnc3cn2)cc1NS(=O)(=O)c1ccc(F)cc1F. The highest BCUT2D eigenvalue weighted by Gasteiger charge is 2.23. The van der Waals surface area contributed by atoms with Crippen molar-refractivity contribution in [2.75, 3.05) is 42.9 Å². The fraction of sp³-hybridized carbons (Fsp3) is 0.217. The van der Waals surface area contributed by atoms with Crippen LogP contribution in [0.3, 0.4) is 0 Å². The molecule has 0 radical (unpaired) electrons. The van der Waals surface area contributed by atoms with Crippen LogP contribution in [0.15, 0.2) is 53.9 Å². The van der Waals surface area contributed by atoms with Gasteiger partial charge in [-0.2, -0.15) is 0 Å². The number of hydrogen-bond donors (Lipinski definition) is 2. The number of benzene rings is 1. The molecule has 0 bridgehead atoms. The van der Waals surface area contributed by atoms with Crippen LogP contribution in [0.5, 0.6) is 5.88 Å². The van der Waals surface area contributed by atoms with Crippen LogP contribution in [0.1, 0.15) is 0 Å². The van der Waals surface area contributed by atoms with Crippen LogP contribution in [0.25, 0.3) is 22.2 Å². The summed E-state index contributed by atoms with van der Waals surface area (Å²) in [5, 5.41) is 4.10. The summed E-state index contributed by atoms with van der Waals surface area (Å²) in [5.74, 6) is -1.36. The smallest absolute Gasteiger partial charge is 0.264 e. The lowest BCUT2D eigenvalue weighted by atomic mass is 10.1. The first kappa shape index (κ1) is 23.8. The summed E-state index contributed by atoms with van der Waals surface area (Å²) < 4.78 is 60.6. The molecule has 3 aromatic heterocycles. The Labute approximate surface area is 205 Å². The van der Waals surface area contributed by atoms with Crippen LogP contribution in [0, 0.1) is 11.6 Å². The second kappa shape index (κ2) is 9.59. The van der Waals surface area contributed by atoms with E-state index in [1.807, 2.05) is 6.07 Å². The van der Waals surface area contributed by atoms with Crippen LogP contribution >= 0.6 is 0 Å². The topological polar surface area (TPSA) is 122 Å². The third-order valence-corrected chi connectivity index (χ3v) is 7.08. The van der Waals surface area contributed by atoms with Gasteiger partial charge in [0.1, 0.15) is 34.4 Å². The average Bonchev–Trinajstić information content (AvgIpc) is 2.88. The number of fused-ring (bicyclic) bond motifs is 1. The highest BCUT2D eigenvalue weighted by molar-refractivity contribution is 7.92. The van der Waals surface area contributed by atoms with Gasteiger partial charge in [0.05, 0.1) is 24.5 Å². The van der Waals surface area contributed by atoms with Crippen molar-refractivity contribution in [1.29, 1.82) is 0 Å². The lowest BCUT2D eigenvalue weighted by molar-refractivity contribution is 0.400. The highest BCUT2D eigenvalue weighted by Crippen LogP contribution is 2.32. The van der Waals surface area contributed by atoms with Gasteiger partial charge < -0.3 is 15.0 Å². The van der Waals surface area contributed by atoms with E-state index >= 15 is 0 Å². The van der Waals surface area contributed by atoms with Crippen LogP contribution in [0.2, 0.25) is 0 Å². The van der Waals surface area contributed by atoms with Crippen molar-refractivity contribution in [1.82, 2.24) is 25.3 Å². The molecular formula is C23H21F2N7O3S. The van der Waals surface area contributed by atoms with E-state index in [0.717, 1.165) is 49.5 Å². The third kappa shape index (κ3) is 4.62. The Morgan fingerprint density at radius 2 is 1.83 bits per heavy atom. The number of nitrogens with zero attached hydrogens (tertiary/aromatic N) is 5. The summed E-state index contributed by atoms with van der Waals surface area (Å²) in [6, 6.07) is 5.50. The number of halogens is 2. The molecule has 2 N–H and O–H groups in total. The quantitative estimate of drug-likeness (QED) is 0.401. The molecular weight excluding hydrogens is 492 g/mol. The molecule has 4 heterocycles. The van der Waals surface area contributed by atoms with E-state index < -0.39 is 26.6 Å². The summed E-state index contributed by atoms with van der Waals surface area (Å²) in [6.45, 7) is 3.26. The van der Waals surface area contributed by atoms with E-state index in [1.165, 1.54) is 25.7 Å². The Bertz CT molecular complexity index is 1550. The van der Waals surface area contributed by atoms with Gasteiger partial charge in [-0.15, -0.1) is 0 Å². The minimum absolute atomic E-state index is 0.0320. The first-order chi connectivity index (χ1) is 17.4. The zero-order valence-electron chi connectivity index (χ0n) is 19.1. The molecule has 0 spiro atoms. The van der Waals surface area contributed by atoms with Gasteiger partial charge in [0, 0.05) is 49.4 Å².